The quantitative estimate of drug-likeness (QED) is 0.609. The maximum Gasteiger partial charge on any atom is 0.311 e. The number of H-pyrrole nitrogens is 2. The average Bonchev–Trinajstić information content (AvgIpc) is 2.93. The van der Waals surface area contributed by atoms with Crippen molar-refractivity contribution in [2.75, 3.05) is 13.7 Å². The Morgan fingerprint density at radius 1 is 1.20 bits per heavy atom. The molecule has 0 saturated carbocycles. The number of primary amides is 1. The van der Waals surface area contributed by atoms with E-state index in [1.165, 1.54) is 0 Å². The van der Waals surface area contributed by atoms with Crippen LogP contribution in [0.4, 0.5) is 0 Å². The number of nitrogens with one attached hydrogen (secondary N) is 2. The van der Waals surface area contributed by atoms with Crippen LogP contribution >= 0.6 is 0 Å². The Bertz CT molecular complexity index is 791. The molecule has 2 rings (SSSR count). The second kappa shape index (κ2) is 8.18. The van der Waals surface area contributed by atoms with Crippen molar-refractivity contribution in [3.05, 3.63) is 51.4 Å². The van der Waals surface area contributed by atoms with Crippen LogP contribution in [0.5, 0.6) is 5.75 Å². The molecule has 1 atom stereocenters. The van der Waals surface area contributed by atoms with Crippen LogP contribution in [0.1, 0.15) is 36.1 Å². The molecule has 1 unspecified atom stereocenters. The number of ether oxygens (including phenoxy) is 2. The van der Waals surface area contributed by atoms with Crippen molar-refractivity contribution < 1.29 is 19.1 Å². The van der Waals surface area contributed by atoms with Crippen LogP contribution in [0.2, 0.25) is 0 Å². The first-order valence-electron chi connectivity index (χ1n) is 7.83. The van der Waals surface area contributed by atoms with Gasteiger partial charge < -0.3 is 20.3 Å². The molecule has 1 amide bonds. The summed E-state index contributed by atoms with van der Waals surface area (Å²) >= 11 is 0. The first-order chi connectivity index (χ1) is 12.0. The molecule has 25 heavy (non-hydrogen) atoms. The zero-order valence-corrected chi connectivity index (χ0v) is 14.1. The Kier molecular flexibility index (Phi) is 5.99. The van der Waals surface area contributed by atoms with Crippen molar-refractivity contribution in [1.82, 2.24) is 10.2 Å². The minimum atomic E-state index is -0.581. The van der Waals surface area contributed by atoms with E-state index >= 15 is 0 Å². The molecule has 0 aliphatic carbocycles. The van der Waals surface area contributed by atoms with Gasteiger partial charge in [0.05, 0.1) is 25.8 Å². The third-order valence-corrected chi connectivity index (χ3v) is 3.80. The number of carbonyl (C=O) groups excluding carboxylic acids is 2. The third kappa shape index (κ3) is 4.50. The number of nitrogens with two attached hydrogens (primary N) is 1. The SMILES string of the molecule is CCOC(=O)Cc1[nH][nH]c(=O)c1C(CC(N)=O)c1ccc(OC)cc1. The number of rotatable bonds is 8. The minimum Gasteiger partial charge on any atom is -0.497 e. The highest BCUT2D eigenvalue weighted by molar-refractivity contribution is 5.76. The summed E-state index contributed by atoms with van der Waals surface area (Å²) in [4.78, 5) is 35.6. The summed E-state index contributed by atoms with van der Waals surface area (Å²) in [5.74, 6) is -0.950. The zero-order valence-electron chi connectivity index (χ0n) is 14.1. The van der Waals surface area contributed by atoms with Gasteiger partial charge >= 0.3 is 5.97 Å². The lowest BCUT2D eigenvalue weighted by atomic mass is 9.87. The number of hydrogen-bond acceptors (Lipinski definition) is 5. The van der Waals surface area contributed by atoms with Crippen LogP contribution in [0.3, 0.4) is 0 Å². The highest BCUT2D eigenvalue weighted by atomic mass is 16.5. The van der Waals surface area contributed by atoms with E-state index in [0.717, 1.165) is 5.56 Å². The maximum atomic E-state index is 12.3. The Morgan fingerprint density at radius 2 is 1.88 bits per heavy atom. The van der Waals surface area contributed by atoms with E-state index in [9.17, 15) is 14.4 Å². The maximum absolute atomic E-state index is 12.3. The van der Waals surface area contributed by atoms with Gasteiger partial charge in [0.15, 0.2) is 0 Å². The molecule has 0 aliphatic rings. The average molecular weight is 347 g/mol. The summed E-state index contributed by atoms with van der Waals surface area (Å²) in [6.07, 6.45) is -0.170. The second-order valence-corrected chi connectivity index (χ2v) is 5.45. The van der Waals surface area contributed by atoms with Crippen molar-refractivity contribution in [2.45, 2.75) is 25.7 Å². The smallest absolute Gasteiger partial charge is 0.311 e. The zero-order chi connectivity index (χ0) is 18.4. The summed E-state index contributed by atoms with van der Waals surface area (Å²) in [5.41, 5.74) is 6.36. The fourth-order valence-electron chi connectivity index (χ4n) is 2.69. The van der Waals surface area contributed by atoms with Gasteiger partial charge in [-0.1, -0.05) is 12.1 Å². The Morgan fingerprint density at radius 3 is 2.44 bits per heavy atom. The third-order valence-electron chi connectivity index (χ3n) is 3.80. The van der Waals surface area contributed by atoms with E-state index in [1.807, 2.05) is 0 Å². The Hall–Kier alpha value is -3.03. The van der Waals surface area contributed by atoms with Crippen LogP contribution in [-0.2, 0) is 20.7 Å². The number of aromatic amines is 2. The molecular formula is C17H21N3O5. The first-order valence-corrected chi connectivity index (χ1v) is 7.83. The number of aromatic nitrogens is 2. The standard InChI is InChI=1S/C17H21N3O5/c1-3-25-15(22)9-13-16(17(23)20-19-13)12(8-14(18)21)10-4-6-11(24-2)7-5-10/h4-7,12H,3,8-9H2,1-2H3,(H2,18,21)(H2,19,20,23). The fourth-order valence-corrected chi connectivity index (χ4v) is 2.69. The van der Waals surface area contributed by atoms with E-state index in [0.29, 0.717) is 17.0 Å². The molecule has 0 saturated heterocycles. The first kappa shape index (κ1) is 18.3. The van der Waals surface area contributed by atoms with Gasteiger partial charge in [-0.3, -0.25) is 19.5 Å². The van der Waals surface area contributed by atoms with Gasteiger partial charge in [-0.15, -0.1) is 0 Å². The van der Waals surface area contributed by atoms with E-state index in [2.05, 4.69) is 10.2 Å². The topological polar surface area (TPSA) is 127 Å². The summed E-state index contributed by atoms with van der Waals surface area (Å²) < 4.78 is 10.0. The van der Waals surface area contributed by atoms with Gasteiger partial charge in [0, 0.05) is 17.9 Å². The van der Waals surface area contributed by atoms with E-state index in [-0.39, 0.29) is 19.4 Å². The number of benzene rings is 1. The lowest BCUT2D eigenvalue weighted by Crippen LogP contribution is -2.21. The molecule has 8 heteroatoms. The molecule has 0 bridgehead atoms. The van der Waals surface area contributed by atoms with Crippen molar-refractivity contribution in [2.24, 2.45) is 5.73 Å². The molecule has 1 aromatic heterocycles. The number of esters is 1. The number of carbonyl (C=O) groups is 2. The highest BCUT2D eigenvalue weighted by Crippen LogP contribution is 2.29. The number of methoxy groups -OCH3 is 1. The fraction of sp³-hybridized carbons (Fsp3) is 0.353. The molecule has 2 aromatic rings. The van der Waals surface area contributed by atoms with Gasteiger partial charge in [-0.25, -0.2) is 0 Å². The molecule has 0 radical (unpaired) electrons. The molecule has 134 valence electrons. The molecule has 8 nitrogen and oxygen atoms in total. The van der Waals surface area contributed by atoms with Crippen molar-refractivity contribution in [3.63, 3.8) is 0 Å². The Labute approximate surface area is 144 Å². The van der Waals surface area contributed by atoms with Crippen molar-refractivity contribution in [3.8, 4) is 5.75 Å². The van der Waals surface area contributed by atoms with Crippen molar-refractivity contribution in [1.29, 1.82) is 0 Å². The summed E-state index contributed by atoms with van der Waals surface area (Å²) in [6.45, 7) is 1.94. The normalized spacial score (nSPS) is 11.8. The van der Waals surface area contributed by atoms with Gasteiger partial charge in [0.25, 0.3) is 5.56 Å². The van der Waals surface area contributed by atoms with Crippen LogP contribution in [0.15, 0.2) is 29.1 Å². The molecule has 1 aromatic carbocycles. The lowest BCUT2D eigenvalue weighted by molar-refractivity contribution is -0.142. The molecule has 4 N–H and O–H groups in total. The summed E-state index contributed by atoms with van der Waals surface area (Å²) in [5, 5.41) is 5.16. The van der Waals surface area contributed by atoms with Crippen LogP contribution in [-0.4, -0.2) is 35.8 Å². The minimum absolute atomic E-state index is 0.0664. The molecular weight excluding hydrogens is 326 g/mol. The molecule has 0 spiro atoms. The van der Waals surface area contributed by atoms with Gasteiger partial charge in [0.2, 0.25) is 5.91 Å². The van der Waals surface area contributed by atoms with Gasteiger partial charge in [0.1, 0.15) is 5.75 Å². The van der Waals surface area contributed by atoms with Crippen molar-refractivity contribution >= 4 is 11.9 Å². The van der Waals surface area contributed by atoms with Gasteiger partial charge in [-0.2, -0.15) is 0 Å². The number of hydrogen-bond donors (Lipinski definition) is 3. The lowest BCUT2D eigenvalue weighted by Gasteiger charge is -2.16. The highest BCUT2D eigenvalue weighted by Gasteiger charge is 2.26. The van der Waals surface area contributed by atoms with E-state index < -0.39 is 23.4 Å². The summed E-state index contributed by atoms with van der Waals surface area (Å²) in [6, 6.07) is 6.98. The molecule has 0 aliphatic heterocycles. The predicted molar refractivity (Wildman–Crippen MR) is 90.4 cm³/mol. The van der Waals surface area contributed by atoms with Crippen LogP contribution in [0, 0.1) is 0 Å². The van der Waals surface area contributed by atoms with Crippen LogP contribution < -0.4 is 16.0 Å². The monoisotopic (exact) mass is 347 g/mol. The van der Waals surface area contributed by atoms with E-state index in [4.69, 9.17) is 15.2 Å². The summed E-state index contributed by atoms with van der Waals surface area (Å²) in [7, 11) is 1.55. The van der Waals surface area contributed by atoms with Gasteiger partial charge in [-0.05, 0) is 24.6 Å². The largest absolute Gasteiger partial charge is 0.497 e. The molecule has 0 fully saturated rings. The second-order valence-electron chi connectivity index (χ2n) is 5.45. The number of amides is 1. The Balaban J connectivity index is 2.43. The van der Waals surface area contributed by atoms with Crippen LogP contribution in [0.25, 0.3) is 0 Å². The molecule has 1 heterocycles. The predicted octanol–water partition coefficient (Wildman–Crippen LogP) is 0.825. The van der Waals surface area contributed by atoms with E-state index in [1.54, 1.807) is 38.3 Å².